The maximum atomic E-state index is 14.8. The van der Waals surface area contributed by atoms with Crippen molar-refractivity contribution in [3.05, 3.63) is 59.2 Å². The Bertz CT molecular complexity index is 1120. The van der Waals surface area contributed by atoms with E-state index in [1.807, 2.05) is 11.0 Å². The topological polar surface area (TPSA) is 81.5 Å². The van der Waals surface area contributed by atoms with Crippen LogP contribution in [0.1, 0.15) is 43.4 Å². The van der Waals surface area contributed by atoms with Gasteiger partial charge in [-0.1, -0.05) is 36.0 Å². The standard InChI is InChI=1S/C25H28FN3O4S.ClH/c1-16(30)34-22-9-10-28(14-19(22)11-17-12-27-29(13-17)15-23(31)33-2)24(25(32)18-7-8-18)20-5-3-4-6-21(20)26;/h3-6,11-13,18,22,24H,7-10,14-15H2,1-2H3;1H. The van der Waals surface area contributed by atoms with Crippen LogP contribution in [0, 0.1) is 11.7 Å². The number of hydrogen-bond donors (Lipinski definition) is 0. The molecule has 188 valence electrons. The fourth-order valence-electron chi connectivity index (χ4n) is 4.35. The van der Waals surface area contributed by atoms with Crippen molar-refractivity contribution in [2.75, 3.05) is 20.2 Å². The SMILES string of the molecule is COC(=O)Cn1cc(C=C2CN(C(C(=O)C3CC3)c3ccccc3F)CCC2SC(C)=O)cn1.Cl. The fourth-order valence-corrected chi connectivity index (χ4v) is 5.26. The molecule has 1 saturated heterocycles. The zero-order valence-electron chi connectivity index (χ0n) is 19.7. The van der Waals surface area contributed by atoms with E-state index >= 15 is 0 Å². The van der Waals surface area contributed by atoms with Crippen LogP contribution in [-0.2, 0) is 25.7 Å². The highest BCUT2D eigenvalue weighted by Crippen LogP contribution is 2.40. The van der Waals surface area contributed by atoms with Crippen LogP contribution in [0.3, 0.4) is 0 Å². The second kappa shape index (κ2) is 12.0. The number of hydrogen-bond acceptors (Lipinski definition) is 7. The second-order valence-electron chi connectivity index (χ2n) is 8.72. The molecular weight excluding hydrogens is 493 g/mol. The first-order valence-corrected chi connectivity index (χ1v) is 12.2. The van der Waals surface area contributed by atoms with Crippen LogP contribution in [0.2, 0.25) is 0 Å². The molecule has 1 aromatic heterocycles. The van der Waals surface area contributed by atoms with Gasteiger partial charge in [0.15, 0.2) is 10.9 Å². The largest absolute Gasteiger partial charge is 0.468 e. The Morgan fingerprint density at radius 1 is 1.26 bits per heavy atom. The van der Waals surface area contributed by atoms with E-state index in [0.717, 1.165) is 24.0 Å². The van der Waals surface area contributed by atoms with Crippen LogP contribution in [0.5, 0.6) is 0 Å². The smallest absolute Gasteiger partial charge is 0.327 e. The monoisotopic (exact) mass is 521 g/mol. The number of carbonyl (C=O) groups excluding carboxylic acids is 3. The molecular formula is C25H29ClFN3O4S. The van der Waals surface area contributed by atoms with Gasteiger partial charge in [-0.15, -0.1) is 12.4 Å². The highest BCUT2D eigenvalue weighted by atomic mass is 35.5. The molecule has 2 aliphatic rings. The molecule has 2 aromatic rings. The van der Waals surface area contributed by atoms with Gasteiger partial charge in [-0.05, 0) is 30.9 Å². The van der Waals surface area contributed by atoms with Crippen LogP contribution >= 0.6 is 24.2 Å². The zero-order valence-corrected chi connectivity index (χ0v) is 21.3. The van der Waals surface area contributed by atoms with Crippen LogP contribution in [0.15, 0.2) is 42.2 Å². The second-order valence-corrected chi connectivity index (χ2v) is 10.1. The molecule has 0 amide bonds. The summed E-state index contributed by atoms with van der Waals surface area (Å²) in [7, 11) is 1.32. The third-order valence-corrected chi connectivity index (χ3v) is 7.28. The zero-order chi connectivity index (χ0) is 24.2. The van der Waals surface area contributed by atoms with Gasteiger partial charge in [0.25, 0.3) is 0 Å². The number of thioether (sulfide) groups is 1. The predicted molar refractivity (Wildman–Crippen MR) is 135 cm³/mol. The summed E-state index contributed by atoms with van der Waals surface area (Å²) in [5, 5.41) is 4.18. The van der Waals surface area contributed by atoms with Gasteiger partial charge >= 0.3 is 5.97 Å². The van der Waals surface area contributed by atoms with Gasteiger partial charge in [0.05, 0.1) is 19.3 Å². The average molecular weight is 522 g/mol. The maximum absolute atomic E-state index is 14.8. The summed E-state index contributed by atoms with van der Waals surface area (Å²) >= 11 is 1.27. The van der Waals surface area contributed by atoms with E-state index in [4.69, 9.17) is 0 Å². The molecule has 2 unspecified atom stereocenters. The van der Waals surface area contributed by atoms with Gasteiger partial charge in [-0.2, -0.15) is 5.10 Å². The molecule has 4 rings (SSSR count). The molecule has 0 N–H and O–H groups in total. The molecule has 1 aromatic carbocycles. The molecule has 7 nitrogen and oxygen atoms in total. The Kier molecular flexibility index (Phi) is 9.27. The molecule has 1 saturated carbocycles. The van der Waals surface area contributed by atoms with E-state index in [-0.39, 0.29) is 46.8 Å². The number of methoxy groups -OCH3 is 1. The minimum atomic E-state index is -0.651. The molecule has 2 heterocycles. The Morgan fingerprint density at radius 3 is 2.66 bits per heavy atom. The summed E-state index contributed by atoms with van der Waals surface area (Å²) in [5.74, 6) is -0.732. The van der Waals surface area contributed by atoms with Crippen LogP contribution in [0.25, 0.3) is 6.08 Å². The van der Waals surface area contributed by atoms with E-state index in [1.165, 1.54) is 29.6 Å². The van der Waals surface area contributed by atoms with Gasteiger partial charge in [-0.25, -0.2) is 4.39 Å². The van der Waals surface area contributed by atoms with Crippen LogP contribution < -0.4 is 0 Å². The number of ether oxygens (including phenoxy) is 1. The summed E-state index contributed by atoms with van der Waals surface area (Å²) in [4.78, 5) is 38.8. The van der Waals surface area contributed by atoms with Crippen molar-refractivity contribution in [3.8, 4) is 0 Å². The summed E-state index contributed by atoms with van der Waals surface area (Å²) < 4.78 is 21.0. The van der Waals surface area contributed by atoms with Crippen LogP contribution in [0.4, 0.5) is 4.39 Å². The van der Waals surface area contributed by atoms with E-state index in [9.17, 15) is 18.8 Å². The molecule has 10 heteroatoms. The van der Waals surface area contributed by atoms with Crippen molar-refractivity contribution in [2.45, 2.75) is 44.0 Å². The number of rotatable bonds is 8. The number of carbonyl (C=O) groups is 3. The van der Waals surface area contributed by atoms with Crippen molar-refractivity contribution in [1.82, 2.24) is 14.7 Å². The molecule has 0 radical (unpaired) electrons. The number of piperidine rings is 1. The number of ketones is 1. The number of esters is 1. The Hall–Kier alpha value is -2.49. The van der Waals surface area contributed by atoms with Gasteiger partial charge in [0.2, 0.25) is 0 Å². The number of halogens is 2. The summed E-state index contributed by atoms with van der Waals surface area (Å²) in [6.07, 6.45) is 7.70. The summed E-state index contributed by atoms with van der Waals surface area (Å²) in [6, 6.07) is 5.83. The normalized spacial score (nSPS) is 20.2. The maximum Gasteiger partial charge on any atom is 0.327 e. The third-order valence-electron chi connectivity index (χ3n) is 6.12. The van der Waals surface area contributed by atoms with Crippen LogP contribution in [-0.4, -0.2) is 57.0 Å². The Morgan fingerprint density at radius 2 is 2.00 bits per heavy atom. The van der Waals surface area contributed by atoms with Crippen molar-refractivity contribution < 1.29 is 23.5 Å². The fraction of sp³-hybridized carbons (Fsp3) is 0.440. The lowest BCUT2D eigenvalue weighted by Crippen LogP contribution is -2.43. The molecule has 2 fully saturated rings. The molecule has 0 spiro atoms. The van der Waals surface area contributed by atoms with E-state index in [0.29, 0.717) is 25.1 Å². The molecule has 0 bridgehead atoms. The van der Waals surface area contributed by atoms with Crippen molar-refractivity contribution >= 4 is 47.1 Å². The van der Waals surface area contributed by atoms with Gasteiger partial charge in [0.1, 0.15) is 12.4 Å². The van der Waals surface area contributed by atoms with E-state index in [1.54, 1.807) is 37.5 Å². The number of likely N-dealkylation sites (tertiary alicyclic amines) is 1. The molecule has 1 aliphatic carbocycles. The summed E-state index contributed by atoms with van der Waals surface area (Å²) in [6.45, 7) is 2.57. The molecule has 2 atom stereocenters. The third kappa shape index (κ3) is 6.80. The van der Waals surface area contributed by atoms with Crippen molar-refractivity contribution in [2.24, 2.45) is 5.92 Å². The first-order valence-electron chi connectivity index (χ1n) is 11.3. The van der Waals surface area contributed by atoms with Gasteiger partial charge < -0.3 is 4.74 Å². The lowest BCUT2D eigenvalue weighted by molar-refractivity contribution is -0.141. The highest BCUT2D eigenvalue weighted by molar-refractivity contribution is 8.14. The average Bonchev–Trinajstić information content (AvgIpc) is 3.57. The van der Waals surface area contributed by atoms with Gasteiger partial charge in [-0.3, -0.25) is 24.0 Å². The Balaban J connectivity index is 0.00000342. The minimum Gasteiger partial charge on any atom is -0.468 e. The van der Waals surface area contributed by atoms with Crippen molar-refractivity contribution in [3.63, 3.8) is 0 Å². The lowest BCUT2D eigenvalue weighted by atomic mass is 9.93. The number of Topliss-reactive ketones (excluding diaryl/α,β-unsaturated/α-hetero) is 1. The number of nitrogens with zero attached hydrogens (tertiary/aromatic N) is 3. The first-order chi connectivity index (χ1) is 16.4. The number of benzene rings is 1. The first kappa shape index (κ1) is 27.1. The van der Waals surface area contributed by atoms with Gasteiger partial charge in [0, 0.05) is 48.5 Å². The van der Waals surface area contributed by atoms with E-state index in [2.05, 4.69) is 9.84 Å². The van der Waals surface area contributed by atoms with E-state index < -0.39 is 12.0 Å². The Labute approximate surface area is 214 Å². The molecule has 35 heavy (non-hydrogen) atoms. The lowest BCUT2D eigenvalue weighted by Gasteiger charge is -2.38. The minimum absolute atomic E-state index is 0. The summed E-state index contributed by atoms with van der Waals surface area (Å²) in [5.41, 5.74) is 2.15. The van der Waals surface area contributed by atoms with Crippen molar-refractivity contribution in [1.29, 1.82) is 0 Å². The predicted octanol–water partition coefficient (Wildman–Crippen LogP) is 4.07. The highest BCUT2D eigenvalue weighted by Gasteiger charge is 2.41. The number of aromatic nitrogens is 2. The molecule has 1 aliphatic heterocycles. The quantitative estimate of drug-likeness (QED) is 0.484.